The zero-order valence-corrected chi connectivity index (χ0v) is 12.1. The van der Waals surface area contributed by atoms with E-state index in [4.69, 9.17) is 4.74 Å². The molecule has 1 aromatic rings. The van der Waals surface area contributed by atoms with Crippen LogP contribution in [0.1, 0.15) is 37.7 Å². The third-order valence-corrected chi connectivity index (χ3v) is 4.31. The number of anilines is 1. The van der Waals surface area contributed by atoms with Crippen LogP contribution in [0.15, 0.2) is 18.3 Å². The van der Waals surface area contributed by atoms with Gasteiger partial charge in [-0.15, -0.1) is 0 Å². The van der Waals surface area contributed by atoms with E-state index in [1.807, 2.05) is 12.3 Å². The summed E-state index contributed by atoms with van der Waals surface area (Å²) < 4.78 is 5.85. The zero-order valence-electron chi connectivity index (χ0n) is 12.1. The van der Waals surface area contributed by atoms with E-state index in [0.717, 1.165) is 31.9 Å². The molecule has 1 saturated heterocycles. The summed E-state index contributed by atoms with van der Waals surface area (Å²) in [5.41, 5.74) is 1.36. The average molecular weight is 275 g/mol. The van der Waals surface area contributed by atoms with Gasteiger partial charge in [0.15, 0.2) is 0 Å². The Morgan fingerprint density at radius 3 is 3.20 bits per heavy atom. The van der Waals surface area contributed by atoms with E-state index in [-0.39, 0.29) is 0 Å². The molecule has 0 unspecified atom stereocenters. The maximum Gasteiger partial charge on any atom is 0.129 e. The van der Waals surface area contributed by atoms with Crippen molar-refractivity contribution in [1.29, 1.82) is 0 Å². The van der Waals surface area contributed by atoms with Crippen LogP contribution < -0.4 is 10.6 Å². The summed E-state index contributed by atoms with van der Waals surface area (Å²) in [6.07, 6.45) is 9.52. The van der Waals surface area contributed by atoms with Crippen LogP contribution in [-0.2, 0) is 11.2 Å². The molecule has 2 aliphatic rings. The lowest BCUT2D eigenvalue weighted by atomic mass is 9.97. The number of hydrogen-bond acceptors (Lipinski definition) is 4. The van der Waals surface area contributed by atoms with Crippen LogP contribution in [0.25, 0.3) is 0 Å². The maximum atomic E-state index is 5.85. The van der Waals surface area contributed by atoms with E-state index in [9.17, 15) is 0 Å². The SMILES string of the molecule is c1cnc2c(c1)CC[C@@H](CCCCO[C@@H]1CCNC1)N2. The van der Waals surface area contributed by atoms with Gasteiger partial charge in [0.1, 0.15) is 5.82 Å². The van der Waals surface area contributed by atoms with Crippen LogP contribution in [0, 0.1) is 0 Å². The highest BCUT2D eigenvalue weighted by Gasteiger charge is 2.18. The molecule has 4 nitrogen and oxygen atoms in total. The van der Waals surface area contributed by atoms with Gasteiger partial charge in [-0.1, -0.05) is 6.07 Å². The van der Waals surface area contributed by atoms with Crippen molar-refractivity contribution in [2.24, 2.45) is 0 Å². The number of aryl methyl sites for hydroxylation is 1. The topological polar surface area (TPSA) is 46.2 Å². The number of aromatic nitrogens is 1. The molecule has 2 N–H and O–H groups in total. The Hall–Kier alpha value is -1.13. The van der Waals surface area contributed by atoms with E-state index >= 15 is 0 Å². The van der Waals surface area contributed by atoms with Gasteiger partial charge in [-0.2, -0.15) is 0 Å². The second-order valence-electron chi connectivity index (χ2n) is 5.87. The molecule has 0 saturated carbocycles. The molecule has 0 spiro atoms. The molecule has 1 fully saturated rings. The average Bonchev–Trinajstić information content (AvgIpc) is 3.00. The van der Waals surface area contributed by atoms with Gasteiger partial charge in [0, 0.05) is 25.4 Å². The lowest BCUT2D eigenvalue weighted by Crippen LogP contribution is -2.26. The number of unbranched alkanes of at least 4 members (excludes halogenated alkanes) is 1. The first-order valence-corrected chi connectivity index (χ1v) is 7.94. The van der Waals surface area contributed by atoms with Gasteiger partial charge < -0.3 is 15.4 Å². The minimum atomic E-state index is 0.457. The van der Waals surface area contributed by atoms with Gasteiger partial charge in [-0.3, -0.25) is 0 Å². The van der Waals surface area contributed by atoms with E-state index in [1.165, 1.54) is 37.7 Å². The van der Waals surface area contributed by atoms with Crippen molar-refractivity contribution in [3.8, 4) is 0 Å². The summed E-state index contributed by atoms with van der Waals surface area (Å²) in [6.45, 7) is 3.06. The first kappa shape index (κ1) is 13.8. The molecule has 0 bridgehead atoms. The minimum Gasteiger partial charge on any atom is -0.377 e. The van der Waals surface area contributed by atoms with Crippen LogP contribution in [0.3, 0.4) is 0 Å². The molecule has 4 heteroatoms. The van der Waals surface area contributed by atoms with Crippen molar-refractivity contribution in [3.05, 3.63) is 23.9 Å². The van der Waals surface area contributed by atoms with Crippen molar-refractivity contribution in [3.63, 3.8) is 0 Å². The minimum absolute atomic E-state index is 0.457. The molecule has 110 valence electrons. The summed E-state index contributed by atoms with van der Waals surface area (Å²) in [6, 6.07) is 4.79. The van der Waals surface area contributed by atoms with Crippen LogP contribution in [0.2, 0.25) is 0 Å². The molecule has 2 atom stereocenters. The Balaban J connectivity index is 1.31. The molecule has 3 rings (SSSR count). The van der Waals surface area contributed by atoms with Gasteiger partial charge in [0.2, 0.25) is 0 Å². The highest BCUT2D eigenvalue weighted by atomic mass is 16.5. The van der Waals surface area contributed by atoms with Gasteiger partial charge >= 0.3 is 0 Å². The van der Waals surface area contributed by atoms with Gasteiger partial charge in [-0.05, 0) is 56.7 Å². The van der Waals surface area contributed by atoms with E-state index in [2.05, 4.69) is 21.7 Å². The number of fused-ring (bicyclic) bond motifs is 1. The Bertz CT molecular complexity index is 418. The Labute approximate surface area is 121 Å². The van der Waals surface area contributed by atoms with Crippen molar-refractivity contribution in [2.75, 3.05) is 25.0 Å². The summed E-state index contributed by atoms with van der Waals surface area (Å²) in [7, 11) is 0. The van der Waals surface area contributed by atoms with Crippen molar-refractivity contribution in [1.82, 2.24) is 10.3 Å². The second-order valence-corrected chi connectivity index (χ2v) is 5.87. The van der Waals surface area contributed by atoms with Crippen LogP contribution >= 0.6 is 0 Å². The fraction of sp³-hybridized carbons (Fsp3) is 0.688. The molecule has 0 amide bonds. The molecule has 0 aromatic carbocycles. The largest absolute Gasteiger partial charge is 0.377 e. The number of rotatable bonds is 6. The molecular formula is C16H25N3O. The monoisotopic (exact) mass is 275 g/mol. The van der Waals surface area contributed by atoms with Gasteiger partial charge in [0.05, 0.1) is 6.10 Å². The maximum absolute atomic E-state index is 5.85. The molecule has 2 aliphatic heterocycles. The van der Waals surface area contributed by atoms with Gasteiger partial charge in [0.25, 0.3) is 0 Å². The quantitative estimate of drug-likeness (QED) is 0.782. The van der Waals surface area contributed by atoms with E-state index < -0.39 is 0 Å². The first-order valence-electron chi connectivity index (χ1n) is 7.94. The number of pyridine rings is 1. The predicted octanol–water partition coefficient (Wildman–Crippen LogP) is 2.36. The first-order chi connectivity index (χ1) is 9.92. The Morgan fingerprint density at radius 1 is 1.30 bits per heavy atom. The Morgan fingerprint density at radius 2 is 2.30 bits per heavy atom. The number of nitrogens with one attached hydrogen (secondary N) is 2. The Kier molecular flexibility index (Phi) is 4.87. The highest BCUT2D eigenvalue weighted by molar-refractivity contribution is 5.46. The summed E-state index contributed by atoms with van der Waals surface area (Å²) >= 11 is 0. The third kappa shape index (κ3) is 3.70. The third-order valence-electron chi connectivity index (χ3n) is 4.31. The molecule has 3 heterocycles. The molecular weight excluding hydrogens is 250 g/mol. The molecule has 20 heavy (non-hydrogen) atoms. The second kappa shape index (κ2) is 7.04. The number of nitrogens with zero attached hydrogens (tertiary/aromatic N) is 1. The van der Waals surface area contributed by atoms with Gasteiger partial charge in [-0.25, -0.2) is 4.98 Å². The van der Waals surface area contributed by atoms with Crippen LogP contribution in [0.5, 0.6) is 0 Å². The van der Waals surface area contributed by atoms with Crippen molar-refractivity contribution in [2.45, 2.75) is 50.7 Å². The highest BCUT2D eigenvalue weighted by Crippen LogP contribution is 2.24. The zero-order chi connectivity index (χ0) is 13.6. The van der Waals surface area contributed by atoms with E-state index in [0.29, 0.717) is 12.1 Å². The lowest BCUT2D eigenvalue weighted by Gasteiger charge is -2.26. The molecule has 0 aliphatic carbocycles. The number of ether oxygens (including phenoxy) is 1. The number of hydrogen-bond donors (Lipinski definition) is 2. The van der Waals surface area contributed by atoms with Crippen molar-refractivity contribution < 1.29 is 4.74 Å². The molecule has 0 radical (unpaired) electrons. The van der Waals surface area contributed by atoms with E-state index in [1.54, 1.807) is 0 Å². The smallest absolute Gasteiger partial charge is 0.129 e. The normalized spacial score (nSPS) is 25.2. The standard InChI is InChI=1S/C16H25N3O/c1(2-11-20-15-8-10-17-12-15)5-14-7-6-13-4-3-9-18-16(13)19-14/h3-4,9,14-15,17H,1-2,5-8,10-12H2,(H,18,19)/t14-,15-/m1/s1. The fourth-order valence-electron chi connectivity index (χ4n) is 3.10. The lowest BCUT2D eigenvalue weighted by molar-refractivity contribution is 0.0640. The molecule has 1 aromatic heterocycles. The predicted molar refractivity (Wildman–Crippen MR) is 81.0 cm³/mol. The summed E-state index contributed by atoms with van der Waals surface area (Å²) in [5.74, 6) is 1.09. The van der Waals surface area contributed by atoms with Crippen molar-refractivity contribution >= 4 is 5.82 Å². The summed E-state index contributed by atoms with van der Waals surface area (Å²) in [4.78, 5) is 4.42. The fourth-order valence-corrected chi connectivity index (χ4v) is 3.10. The summed E-state index contributed by atoms with van der Waals surface area (Å²) in [5, 5.41) is 6.90. The van der Waals surface area contributed by atoms with Crippen LogP contribution in [-0.4, -0.2) is 36.8 Å². The van der Waals surface area contributed by atoms with Crippen LogP contribution in [0.4, 0.5) is 5.82 Å².